The summed E-state index contributed by atoms with van der Waals surface area (Å²) in [4.78, 5) is 25.3. The Morgan fingerprint density at radius 2 is 1.68 bits per heavy atom. The summed E-state index contributed by atoms with van der Waals surface area (Å²) in [5.74, 6) is -5.10. The molecule has 0 saturated carbocycles. The number of carbonyl (C=O) groups excluding carboxylic acids is 2. The smallest absolute Gasteiger partial charge is 0.341 e. The minimum atomic E-state index is -4.90. The molecule has 0 radical (unpaired) electrons. The van der Waals surface area contributed by atoms with Gasteiger partial charge in [0.25, 0.3) is 11.8 Å². The molecule has 1 aliphatic rings. The van der Waals surface area contributed by atoms with E-state index < -0.39 is 57.6 Å². The Morgan fingerprint density at radius 1 is 1.00 bits per heavy atom. The van der Waals surface area contributed by atoms with Gasteiger partial charge in [0.1, 0.15) is 17.5 Å². The van der Waals surface area contributed by atoms with Crippen LogP contribution in [0.5, 0.6) is 0 Å². The zero-order chi connectivity index (χ0) is 24.9. The van der Waals surface area contributed by atoms with E-state index in [0.29, 0.717) is 22.7 Å². The lowest BCUT2D eigenvalue weighted by Gasteiger charge is -2.19. The summed E-state index contributed by atoms with van der Waals surface area (Å²) in [6.07, 6.45) is -4.90. The second kappa shape index (κ2) is 8.62. The third kappa shape index (κ3) is 4.49. The van der Waals surface area contributed by atoms with E-state index in [-0.39, 0.29) is 28.4 Å². The summed E-state index contributed by atoms with van der Waals surface area (Å²) < 4.78 is 81.1. The number of hydrogen-bond acceptors (Lipinski definition) is 2. The summed E-state index contributed by atoms with van der Waals surface area (Å²) in [5, 5.41) is 4.39. The molecule has 12 heteroatoms. The normalized spacial score (nSPS) is 15.2. The molecule has 0 fully saturated rings. The maximum Gasteiger partial charge on any atom is 0.416 e. The molecule has 0 aromatic heterocycles. The van der Waals surface area contributed by atoms with Crippen LogP contribution in [0.3, 0.4) is 0 Å². The van der Waals surface area contributed by atoms with Crippen LogP contribution in [0.1, 0.15) is 43.4 Å². The Bertz CT molecular complexity index is 1360. The molecule has 176 valence electrons. The predicted molar refractivity (Wildman–Crippen MR) is 114 cm³/mol. The largest absolute Gasteiger partial charge is 0.416 e. The number of rotatable bonds is 3. The lowest BCUT2D eigenvalue weighted by atomic mass is 9.96. The molecule has 0 aliphatic carbocycles. The summed E-state index contributed by atoms with van der Waals surface area (Å²) in [6, 6.07) is 4.30. The minimum absolute atomic E-state index is 0.0191. The molecule has 1 atom stereocenters. The fraction of sp³-hybridized carbons (Fsp3) is 0.0909. The first-order valence-electron chi connectivity index (χ1n) is 9.33. The van der Waals surface area contributed by atoms with Gasteiger partial charge in [-0.1, -0.05) is 27.5 Å². The fourth-order valence-corrected chi connectivity index (χ4v) is 4.28. The highest BCUT2D eigenvalue weighted by atomic mass is 79.9. The van der Waals surface area contributed by atoms with Crippen molar-refractivity contribution >= 4 is 45.0 Å². The summed E-state index contributed by atoms with van der Waals surface area (Å²) >= 11 is 9.15. The van der Waals surface area contributed by atoms with Crippen molar-refractivity contribution in [3.05, 3.63) is 97.2 Å². The first-order valence-corrected chi connectivity index (χ1v) is 10.5. The van der Waals surface area contributed by atoms with Gasteiger partial charge in [-0.2, -0.15) is 13.2 Å². The molecule has 34 heavy (non-hydrogen) atoms. The highest BCUT2D eigenvalue weighted by Gasteiger charge is 2.36. The van der Waals surface area contributed by atoms with E-state index in [2.05, 4.69) is 26.6 Å². The monoisotopic (exact) mass is 562 g/mol. The van der Waals surface area contributed by atoms with Crippen LogP contribution in [0.2, 0.25) is 5.02 Å². The lowest BCUT2D eigenvalue weighted by molar-refractivity contribution is -0.137. The maximum absolute atomic E-state index is 14.0. The lowest BCUT2D eigenvalue weighted by Crippen LogP contribution is -2.21. The molecule has 1 aliphatic heterocycles. The average Bonchev–Trinajstić information content (AvgIpc) is 3.06. The second-order valence-corrected chi connectivity index (χ2v) is 8.59. The Kier molecular flexibility index (Phi) is 6.11. The number of benzene rings is 3. The molecule has 1 heterocycles. The van der Waals surface area contributed by atoms with E-state index in [1.54, 1.807) is 0 Å². The van der Waals surface area contributed by atoms with Crippen LogP contribution in [0.15, 0.2) is 46.9 Å². The molecule has 0 unspecified atom stereocenters. The molecular weight excluding hydrogens is 554 g/mol. The maximum atomic E-state index is 14.0. The summed E-state index contributed by atoms with van der Waals surface area (Å²) in [7, 11) is 0. The average molecular weight is 564 g/mol. The number of fused-ring (bicyclic) bond motifs is 1. The SMILES string of the molecule is O=C(Nc1cc(Br)cc2c1[C@@H](c1cc(F)cc(F)c1Cl)NC2=O)c1cc(F)cc(C(F)(F)F)c1. The Hall–Kier alpha value is -3.05. The van der Waals surface area contributed by atoms with Crippen molar-refractivity contribution in [3.63, 3.8) is 0 Å². The zero-order valence-electron chi connectivity index (χ0n) is 16.5. The second-order valence-electron chi connectivity index (χ2n) is 7.29. The molecule has 0 saturated heterocycles. The van der Waals surface area contributed by atoms with Crippen LogP contribution >= 0.6 is 27.5 Å². The van der Waals surface area contributed by atoms with E-state index in [1.165, 1.54) is 12.1 Å². The van der Waals surface area contributed by atoms with E-state index in [1.807, 2.05) is 0 Å². The van der Waals surface area contributed by atoms with Gasteiger partial charge in [0.2, 0.25) is 0 Å². The number of carbonyl (C=O) groups is 2. The van der Waals surface area contributed by atoms with Gasteiger partial charge in [-0.15, -0.1) is 0 Å². The van der Waals surface area contributed by atoms with Gasteiger partial charge in [0, 0.05) is 38.5 Å². The predicted octanol–water partition coefficient (Wildman–Crippen LogP) is 6.62. The van der Waals surface area contributed by atoms with Crippen molar-refractivity contribution in [2.24, 2.45) is 0 Å². The van der Waals surface area contributed by atoms with Crippen LogP contribution in [0, 0.1) is 17.5 Å². The van der Waals surface area contributed by atoms with Crippen molar-refractivity contribution in [1.82, 2.24) is 5.32 Å². The first-order chi connectivity index (χ1) is 15.8. The minimum Gasteiger partial charge on any atom is -0.341 e. The van der Waals surface area contributed by atoms with Gasteiger partial charge < -0.3 is 10.6 Å². The molecule has 0 spiro atoms. The number of hydrogen-bond donors (Lipinski definition) is 2. The Morgan fingerprint density at radius 3 is 2.35 bits per heavy atom. The van der Waals surface area contributed by atoms with Crippen LogP contribution in [-0.4, -0.2) is 11.8 Å². The van der Waals surface area contributed by atoms with Gasteiger partial charge in [0.05, 0.1) is 16.6 Å². The molecule has 0 bridgehead atoms. The number of amides is 2. The standard InChI is InChI=1S/C22H10BrClF6N2O2/c23-10-4-13-17(19(32-21(13)34)14-6-12(26)7-15(27)18(14)24)16(5-10)31-20(33)8-1-9(22(28,29)30)3-11(25)2-8/h1-7,19H,(H,31,33)(H,32,34)/t19-/m1/s1. The molecule has 3 aromatic rings. The van der Waals surface area contributed by atoms with Crippen molar-refractivity contribution < 1.29 is 35.9 Å². The third-order valence-electron chi connectivity index (χ3n) is 5.02. The molecule has 2 amide bonds. The van der Waals surface area contributed by atoms with E-state index in [0.717, 1.165) is 6.07 Å². The topological polar surface area (TPSA) is 58.2 Å². The van der Waals surface area contributed by atoms with E-state index >= 15 is 0 Å². The zero-order valence-corrected chi connectivity index (χ0v) is 18.8. The van der Waals surface area contributed by atoms with E-state index in [4.69, 9.17) is 11.6 Å². The number of halogens is 8. The van der Waals surface area contributed by atoms with Gasteiger partial charge >= 0.3 is 6.18 Å². The molecular formula is C22H10BrClF6N2O2. The van der Waals surface area contributed by atoms with Crippen LogP contribution in [-0.2, 0) is 6.18 Å². The van der Waals surface area contributed by atoms with Gasteiger partial charge in [-0.25, -0.2) is 13.2 Å². The molecule has 3 aromatic carbocycles. The van der Waals surface area contributed by atoms with Crippen molar-refractivity contribution in [1.29, 1.82) is 0 Å². The van der Waals surface area contributed by atoms with Gasteiger partial charge in [0.15, 0.2) is 0 Å². The third-order valence-corrected chi connectivity index (χ3v) is 5.88. The Balaban J connectivity index is 1.80. The highest BCUT2D eigenvalue weighted by Crippen LogP contribution is 2.41. The van der Waals surface area contributed by atoms with Gasteiger partial charge in [-0.05, 0) is 36.4 Å². The highest BCUT2D eigenvalue weighted by molar-refractivity contribution is 9.10. The Labute approximate surface area is 201 Å². The van der Waals surface area contributed by atoms with Crippen molar-refractivity contribution in [2.45, 2.75) is 12.2 Å². The van der Waals surface area contributed by atoms with Crippen LogP contribution < -0.4 is 10.6 Å². The number of nitrogens with one attached hydrogen (secondary N) is 2. The summed E-state index contributed by atoms with van der Waals surface area (Å²) in [6.45, 7) is 0. The fourth-order valence-electron chi connectivity index (χ4n) is 3.60. The molecule has 2 N–H and O–H groups in total. The van der Waals surface area contributed by atoms with E-state index in [9.17, 15) is 35.9 Å². The van der Waals surface area contributed by atoms with Crippen molar-refractivity contribution in [2.75, 3.05) is 5.32 Å². The quantitative estimate of drug-likeness (QED) is 0.278. The summed E-state index contributed by atoms with van der Waals surface area (Å²) in [5.41, 5.74) is -2.13. The molecule has 4 rings (SSSR count). The molecule has 4 nitrogen and oxygen atoms in total. The first kappa shape index (κ1) is 24.1. The van der Waals surface area contributed by atoms with Crippen LogP contribution in [0.4, 0.5) is 32.0 Å². The van der Waals surface area contributed by atoms with Crippen molar-refractivity contribution in [3.8, 4) is 0 Å². The van der Waals surface area contributed by atoms with Gasteiger partial charge in [-0.3, -0.25) is 9.59 Å². The number of anilines is 1. The van der Waals surface area contributed by atoms with Crippen LogP contribution in [0.25, 0.3) is 0 Å². The number of alkyl halides is 3.